The van der Waals surface area contributed by atoms with Crippen molar-refractivity contribution in [3.05, 3.63) is 0 Å². The summed E-state index contributed by atoms with van der Waals surface area (Å²) in [6, 6.07) is -1.37. The zero-order chi connectivity index (χ0) is 15.5. The fourth-order valence-electron chi connectivity index (χ4n) is 2.61. The summed E-state index contributed by atoms with van der Waals surface area (Å²) < 4.78 is 24.6. The third-order valence-electron chi connectivity index (χ3n) is 4.13. The summed E-state index contributed by atoms with van der Waals surface area (Å²) >= 11 is 0. The zero-order valence-electron chi connectivity index (χ0n) is 12.1. The van der Waals surface area contributed by atoms with E-state index in [1.807, 2.05) is 6.92 Å². The number of aliphatic carboxylic acids is 1. The van der Waals surface area contributed by atoms with Crippen molar-refractivity contribution in [3.63, 3.8) is 0 Å². The molecule has 1 fully saturated rings. The lowest BCUT2D eigenvalue weighted by Crippen LogP contribution is -2.47. The predicted molar refractivity (Wildman–Crippen MR) is 75.0 cm³/mol. The molecule has 20 heavy (non-hydrogen) atoms. The minimum Gasteiger partial charge on any atom is -0.480 e. The van der Waals surface area contributed by atoms with Crippen LogP contribution in [0.5, 0.6) is 0 Å². The van der Waals surface area contributed by atoms with Crippen molar-refractivity contribution >= 4 is 21.7 Å². The Kier molecular flexibility index (Phi) is 5.56. The number of amides is 1. The molecule has 1 aliphatic carbocycles. The first-order valence-electron chi connectivity index (χ1n) is 6.85. The summed E-state index contributed by atoms with van der Waals surface area (Å²) in [4.78, 5) is 22.0. The van der Waals surface area contributed by atoms with Crippen LogP contribution in [0.25, 0.3) is 0 Å². The molecule has 1 saturated carbocycles. The largest absolute Gasteiger partial charge is 0.480 e. The van der Waals surface area contributed by atoms with Gasteiger partial charge >= 0.3 is 5.97 Å². The molecule has 7 heteroatoms. The maximum absolute atomic E-state index is 12.3. The summed E-state index contributed by atoms with van der Waals surface area (Å²) in [6.45, 7) is 5.30. The lowest BCUT2D eigenvalue weighted by Gasteiger charge is -2.32. The van der Waals surface area contributed by atoms with Crippen LogP contribution in [0.2, 0.25) is 0 Å². The third-order valence-corrected chi connectivity index (χ3v) is 6.37. The summed E-state index contributed by atoms with van der Waals surface area (Å²) in [5.41, 5.74) is 0. The Morgan fingerprint density at radius 2 is 1.85 bits per heavy atom. The molecule has 0 aromatic carbocycles. The van der Waals surface area contributed by atoms with Gasteiger partial charge in [-0.3, -0.25) is 4.79 Å². The number of carboxylic acid groups (broad SMARTS) is 1. The van der Waals surface area contributed by atoms with Gasteiger partial charge in [-0.15, -0.1) is 0 Å². The maximum Gasteiger partial charge on any atom is 0.327 e. The topological polar surface area (TPSA) is 101 Å². The van der Waals surface area contributed by atoms with Crippen LogP contribution >= 0.6 is 0 Å². The van der Waals surface area contributed by atoms with Gasteiger partial charge in [0, 0.05) is 6.92 Å². The summed E-state index contributed by atoms with van der Waals surface area (Å²) in [5.74, 6) is -1.59. The van der Waals surface area contributed by atoms with E-state index in [9.17, 15) is 18.0 Å². The van der Waals surface area contributed by atoms with Gasteiger partial charge in [0.05, 0.1) is 11.0 Å². The normalized spacial score (nSPS) is 28.6. The SMILES string of the molecule is CC(=O)NC(CS(=O)(=O)C1CCC(C)C(C)C1)C(=O)O. The Morgan fingerprint density at radius 1 is 1.25 bits per heavy atom. The van der Waals surface area contributed by atoms with Gasteiger partial charge in [0.15, 0.2) is 9.84 Å². The van der Waals surface area contributed by atoms with E-state index < -0.39 is 38.8 Å². The second kappa shape index (κ2) is 6.56. The first kappa shape index (κ1) is 16.9. The fourth-order valence-corrected chi connectivity index (χ4v) is 4.67. The van der Waals surface area contributed by atoms with Gasteiger partial charge in [-0.25, -0.2) is 13.2 Å². The van der Waals surface area contributed by atoms with Crippen LogP contribution in [0.1, 0.15) is 40.0 Å². The molecule has 2 N–H and O–H groups in total. The molecule has 4 atom stereocenters. The Labute approximate surface area is 119 Å². The van der Waals surface area contributed by atoms with Crippen LogP contribution in [-0.4, -0.2) is 42.4 Å². The Bertz CT molecular complexity index is 473. The van der Waals surface area contributed by atoms with E-state index in [4.69, 9.17) is 5.11 Å². The Hall–Kier alpha value is -1.11. The first-order chi connectivity index (χ1) is 9.13. The van der Waals surface area contributed by atoms with Gasteiger partial charge in [-0.2, -0.15) is 0 Å². The third kappa shape index (κ3) is 4.47. The first-order valence-corrected chi connectivity index (χ1v) is 8.56. The molecule has 6 nitrogen and oxygen atoms in total. The lowest BCUT2D eigenvalue weighted by atomic mass is 9.81. The smallest absolute Gasteiger partial charge is 0.327 e. The summed E-state index contributed by atoms with van der Waals surface area (Å²) in [5, 5.41) is 10.7. The summed E-state index contributed by atoms with van der Waals surface area (Å²) in [6.07, 6.45) is 1.97. The van der Waals surface area contributed by atoms with Crippen molar-refractivity contribution in [2.24, 2.45) is 11.8 Å². The van der Waals surface area contributed by atoms with E-state index in [2.05, 4.69) is 12.2 Å². The lowest BCUT2D eigenvalue weighted by molar-refractivity contribution is -0.140. The average Bonchev–Trinajstić information content (AvgIpc) is 2.30. The van der Waals surface area contributed by atoms with Crippen molar-refractivity contribution in [2.75, 3.05) is 5.75 Å². The minimum atomic E-state index is -3.53. The Morgan fingerprint density at radius 3 is 2.30 bits per heavy atom. The van der Waals surface area contributed by atoms with Crippen LogP contribution < -0.4 is 5.32 Å². The average molecular weight is 305 g/mol. The number of hydrogen-bond acceptors (Lipinski definition) is 4. The minimum absolute atomic E-state index is 0.313. The highest BCUT2D eigenvalue weighted by Gasteiger charge is 2.36. The second-order valence-corrected chi connectivity index (χ2v) is 8.14. The molecule has 0 heterocycles. The maximum atomic E-state index is 12.3. The van der Waals surface area contributed by atoms with E-state index >= 15 is 0 Å². The van der Waals surface area contributed by atoms with Gasteiger partial charge in [0.2, 0.25) is 5.91 Å². The molecule has 0 spiro atoms. The fraction of sp³-hybridized carbons (Fsp3) is 0.846. The molecule has 1 rings (SSSR count). The monoisotopic (exact) mass is 305 g/mol. The van der Waals surface area contributed by atoms with E-state index in [1.54, 1.807) is 0 Å². The molecular weight excluding hydrogens is 282 g/mol. The van der Waals surface area contributed by atoms with E-state index in [-0.39, 0.29) is 0 Å². The van der Waals surface area contributed by atoms with E-state index in [0.29, 0.717) is 24.7 Å². The number of carboxylic acids is 1. The number of sulfone groups is 1. The van der Waals surface area contributed by atoms with Crippen molar-refractivity contribution in [3.8, 4) is 0 Å². The number of hydrogen-bond donors (Lipinski definition) is 2. The summed E-state index contributed by atoms with van der Waals surface area (Å²) in [7, 11) is -3.53. The molecule has 1 amide bonds. The van der Waals surface area contributed by atoms with Gasteiger partial charge < -0.3 is 10.4 Å². The second-order valence-electron chi connectivity index (χ2n) is 5.81. The van der Waals surface area contributed by atoms with Crippen LogP contribution in [0.15, 0.2) is 0 Å². The van der Waals surface area contributed by atoms with Gasteiger partial charge in [-0.1, -0.05) is 13.8 Å². The highest BCUT2D eigenvalue weighted by molar-refractivity contribution is 7.92. The van der Waals surface area contributed by atoms with Crippen molar-refractivity contribution < 1.29 is 23.1 Å². The van der Waals surface area contributed by atoms with Gasteiger partial charge in [0.25, 0.3) is 0 Å². The standard InChI is InChI=1S/C13H23NO5S/c1-8-4-5-11(6-9(8)2)20(18,19)7-12(13(16)17)14-10(3)15/h8-9,11-12H,4-7H2,1-3H3,(H,14,15)(H,16,17). The van der Waals surface area contributed by atoms with Gasteiger partial charge in [-0.05, 0) is 31.1 Å². The molecule has 116 valence electrons. The van der Waals surface area contributed by atoms with Crippen LogP contribution in [0.3, 0.4) is 0 Å². The van der Waals surface area contributed by atoms with Crippen molar-refractivity contribution in [1.29, 1.82) is 0 Å². The van der Waals surface area contributed by atoms with Crippen LogP contribution in [0, 0.1) is 11.8 Å². The van der Waals surface area contributed by atoms with E-state index in [0.717, 1.165) is 6.42 Å². The number of rotatable bonds is 5. The molecule has 0 saturated heterocycles. The van der Waals surface area contributed by atoms with Crippen molar-refractivity contribution in [1.82, 2.24) is 5.32 Å². The highest BCUT2D eigenvalue weighted by atomic mass is 32.2. The van der Waals surface area contributed by atoms with Crippen LogP contribution in [-0.2, 0) is 19.4 Å². The van der Waals surface area contributed by atoms with Crippen LogP contribution in [0.4, 0.5) is 0 Å². The molecule has 0 bridgehead atoms. The van der Waals surface area contributed by atoms with Gasteiger partial charge in [0.1, 0.15) is 6.04 Å². The molecule has 0 aliphatic heterocycles. The highest BCUT2D eigenvalue weighted by Crippen LogP contribution is 2.33. The zero-order valence-corrected chi connectivity index (χ0v) is 12.9. The van der Waals surface area contributed by atoms with E-state index in [1.165, 1.54) is 6.92 Å². The number of carbonyl (C=O) groups is 2. The van der Waals surface area contributed by atoms with Crippen molar-refractivity contribution in [2.45, 2.75) is 51.3 Å². The molecule has 0 radical (unpaired) electrons. The molecule has 0 aromatic heterocycles. The molecule has 4 unspecified atom stereocenters. The molecular formula is C13H23NO5S. The molecule has 1 aliphatic rings. The predicted octanol–water partition coefficient (Wildman–Crippen LogP) is 0.815. The number of nitrogens with one attached hydrogen (secondary N) is 1. The molecule has 0 aromatic rings. The Balaban J connectivity index is 2.77. The quantitative estimate of drug-likeness (QED) is 0.783. The number of carbonyl (C=O) groups excluding carboxylic acids is 1.